The Hall–Kier alpha value is -0.770. The summed E-state index contributed by atoms with van der Waals surface area (Å²) in [6, 6.07) is 0. The lowest BCUT2D eigenvalue weighted by Crippen LogP contribution is -2.37. The van der Waals surface area contributed by atoms with Crippen LogP contribution in [0, 0.1) is 5.41 Å². The van der Waals surface area contributed by atoms with Gasteiger partial charge in [0, 0.05) is 18.5 Å². The van der Waals surface area contributed by atoms with Gasteiger partial charge in [0.05, 0.1) is 12.7 Å². The lowest BCUT2D eigenvalue weighted by molar-refractivity contribution is 0.0270. The summed E-state index contributed by atoms with van der Waals surface area (Å²) in [5.41, 5.74) is -0.275. The molecule has 0 saturated carbocycles. The second kappa shape index (κ2) is 3.62. The predicted octanol–water partition coefficient (Wildman–Crippen LogP) is 2.03. The van der Waals surface area contributed by atoms with Crippen LogP contribution in [0.3, 0.4) is 0 Å². The summed E-state index contributed by atoms with van der Waals surface area (Å²) < 4.78 is 10.7. The van der Waals surface area contributed by atoms with Crippen molar-refractivity contribution in [3.63, 3.8) is 0 Å². The van der Waals surface area contributed by atoms with Gasteiger partial charge in [-0.1, -0.05) is 6.92 Å². The number of epoxide rings is 1. The summed E-state index contributed by atoms with van der Waals surface area (Å²) in [7, 11) is 0. The van der Waals surface area contributed by atoms with Crippen molar-refractivity contribution >= 4 is 6.09 Å². The molecule has 0 aliphatic carbocycles. The lowest BCUT2D eigenvalue weighted by atomic mass is 9.86. The van der Waals surface area contributed by atoms with Crippen LogP contribution in [-0.4, -0.2) is 42.4 Å². The highest BCUT2D eigenvalue weighted by molar-refractivity contribution is 5.68. The van der Waals surface area contributed by atoms with Crippen LogP contribution in [0.25, 0.3) is 0 Å². The maximum atomic E-state index is 11.9. The maximum absolute atomic E-state index is 11.9. The van der Waals surface area contributed by atoms with Crippen molar-refractivity contribution in [2.45, 2.75) is 45.8 Å². The quantitative estimate of drug-likeness (QED) is 0.644. The van der Waals surface area contributed by atoms with Crippen LogP contribution >= 0.6 is 0 Å². The third-order valence-corrected chi connectivity index (χ3v) is 3.27. The Morgan fingerprint density at radius 2 is 2.12 bits per heavy atom. The van der Waals surface area contributed by atoms with Crippen LogP contribution in [0.2, 0.25) is 0 Å². The highest BCUT2D eigenvalue weighted by atomic mass is 16.6. The molecule has 4 nitrogen and oxygen atoms in total. The van der Waals surface area contributed by atoms with Gasteiger partial charge in [0.2, 0.25) is 0 Å². The molecule has 0 N–H and O–H groups in total. The van der Waals surface area contributed by atoms with Gasteiger partial charge >= 0.3 is 6.09 Å². The molecule has 2 fully saturated rings. The minimum atomic E-state index is -0.411. The number of carbonyl (C=O) groups excluding carboxylic acids is 1. The van der Waals surface area contributed by atoms with E-state index in [-0.39, 0.29) is 11.5 Å². The number of rotatable bonds is 1. The van der Waals surface area contributed by atoms with Crippen LogP contribution in [-0.2, 0) is 9.47 Å². The van der Waals surface area contributed by atoms with Crippen molar-refractivity contribution in [1.29, 1.82) is 0 Å². The summed E-state index contributed by atoms with van der Waals surface area (Å²) in [5.74, 6) is 0. The largest absolute Gasteiger partial charge is 0.444 e. The molecule has 0 aromatic rings. The number of likely N-dealkylation sites (tertiary alicyclic amines) is 1. The van der Waals surface area contributed by atoms with Crippen LogP contribution in [0.15, 0.2) is 0 Å². The Balaban J connectivity index is 1.90. The number of hydrogen-bond acceptors (Lipinski definition) is 3. The number of amides is 1. The monoisotopic (exact) mass is 227 g/mol. The molecule has 2 atom stereocenters. The molecule has 0 bridgehead atoms. The first-order valence-corrected chi connectivity index (χ1v) is 5.90. The molecule has 0 radical (unpaired) electrons. The van der Waals surface area contributed by atoms with Crippen molar-refractivity contribution in [2.75, 3.05) is 19.7 Å². The molecule has 2 rings (SSSR count). The van der Waals surface area contributed by atoms with Gasteiger partial charge in [-0.3, -0.25) is 0 Å². The average molecular weight is 227 g/mol. The third kappa shape index (κ3) is 2.48. The van der Waals surface area contributed by atoms with E-state index in [4.69, 9.17) is 9.47 Å². The molecule has 2 saturated heterocycles. The van der Waals surface area contributed by atoms with E-state index in [2.05, 4.69) is 6.92 Å². The second-order valence-electron chi connectivity index (χ2n) is 6.13. The van der Waals surface area contributed by atoms with Gasteiger partial charge < -0.3 is 14.4 Å². The molecule has 2 aliphatic heterocycles. The first-order chi connectivity index (χ1) is 7.30. The molecule has 1 unspecified atom stereocenters. The number of ether oxygens (including phenoxy) is 2. The Kier molecular flexibility index (Phi) is 2.65. The fraction of sp³-hybridized carbons (Fsp3) is 0.917. The van der Waals surface area contributed by atoms with E-state index in [1.807, 2.05) is 20.8 Å². The van der Waals surface area contributed by atoms with Crippen molar-refractivity contribution in [3.05, 3.63) is 0 Å². The molecule has 0 aromatic carbocycles. The number of hydrogen-bond donors (Lipinski definition) is 0. The molecule has 2 heterocycles. The zero-order valence-corrected chi connectivity index (χ0v) is 10.6. The van der Waals surface area contributed by atoms with Gasteiger partial charge in [-0.05, 0) is 27.2 Å². The van der Waals surface area contributed by atoms with E-state index in [9.17, 15) is 4.79 Å². The Morgan fingerprint density at radius 3 is 2.62 bits per heavy atom. The zero-order chi connectivity index (χ0) is 12.0. The summed E-state index contributed by atoms with van der Waals surface area (Å²) in [6.07, 6.45) is 1.16. The van der Waals surface area contributed by atoms with Crippen LogP contribution in [0.4, 0.5) is 4.79 Å². The van der Waals surface area contributed by atoms with Crippen molar-refractivity contribution < 1.29 is 14.3 Å². The first-order valence-electron chi connectivity index (χ1n) is 5.90. The molecule has 16 heavy (non-hydrogen) atoms. The molecule has 4 heteroatoms. The van der Waals surface area contributed by atoms with Crippen LogP contribution < -0.4 is 0 Å². The molecule has 0 aromatic heterocycles. The topological polar surface area (TPSA) is 42.1 Å². The Bertz CT molecular complexity index is 293. The third-order valence-electron chi connectivity index (χ3n) is 3.27. The summed E-state index contributed by atoms with van der Waals surface area (Å²) in [5, 5.41) is 0. The van der Waals surface area contributed by atoms with Crippen molar-refractivity contribution in [1.82, 2.24) is 4.90 Å². The summed E-state index contributed by atoms with van der Waals surface area (Å²) >= 11 is 0. The average Bonchev–Trinajstić information content (AvgIpc) is 2.88. The molecule has 1 amide bonds. The maximum Gasteiger partial charge on any atom is 0.410 e. The SMILES string of the molecule is CC(C)(C)OC(=O)N1CC[C@](C)(C2CO2)C1. The van der Waals surface area contributed by atoms with Crippen LogP contribution in [0.5, 0.6) is 0 Å². The highest BCUT2D eigenvalue weighted by Gasteiger charge is 2.48. The first kappa shape index (κ1) is 11.7. The van der Waals surface area contributed by atoms with E-state index in [0.29, 0.717) is 6.10 Å². The molecular weight excluding hydrogens is 206 g/mol. The normalized spacial score (nSPS) is 34.0. The van der Waals surface area contributed by atoms with Crippen molar-refractivity contribution in [2.24, 2.45) is 5.41 Å². The minimum Gasteiger partial charge on any atom is -0.444 e. The van der Waals surface area contributed by atoms with Gasteiger partial charge in [-0.15, -0.1) is 0 Å². The Labute approximate surface area is 96.9 Å². The standard InChI is InChI=1S/C12H21NO3/c1-11(2,3)16-10(14)13-6-5-12(4,8-13)9-7-15-9/h9H,5-8H2,1-4H3/t9?,12-/m0/s1. The fourth-order valence-corrected chi connectivity index (χ4v) is 2.18. The Morgan fingerprint density at radius 1 is 1.50 bits per heavy atom. The molecule has 2 aliphatic rings. The van der Waals surface area contributed by atoms with Gasteiger partial charge in [-0.25, -0.2) is 4.79 Å². The van der Waals surface area contributed by atoms with E-state index in [0.717, 1.165) is 26.1 Å². The number of carbonyl (C=O) groups is 1. The van der Waals surface area contributed by atoms with Gasteiger partial charge in [-0.2, -0.15) is 0 Å². The van der Waals surface area contributed by atoms with Gasteiger partial charge in [0.15, 0.2) is 0 Å². The zero-order valence-electron chi connectivity index (χ0n) is 10.6. The predicted molar refractivity (Wildman–Crippen MR) is 60.3 cm³/mol. The van der Waals surface area contributed by atoms with E-state index in [1.165, 1.54) is 0 Å². The van der Waals surface area contributed by atoms with Crippen LogP contribution in [0.1, 0.15) is 34.1 Å². The molecule has 92 valence electrons. The van der Waals surface area contributed by atoms with Gasteiger partial charge in [0.25, 0.3) is 0 Å². The van der Waals surface area contributed by atoms with Gasteiger partial charge in [0.1, 0.15) is 5.60 Å². The highest BCUT2D eigenvalue weighted by Crippen LogP contribution is 2.40. The van der Waals surface area contributed by atoms with E-state index in [1.54, 1.807) is 4.90 Å². The van der Waals surface area contributed by atoms with E-state index < -0.39 is 5.60 Å². The number of nitrogens with zero attached hydrogens (tertiary/aromatic N) is 1. The minimum absolute atomic E-state index is 0.136. The molecule has 0 spiro atoms. The van der Waals surface area contributed by atoms with Crippen molar-refractivity contribution in [3.8, 4) is 0 Å². The van der Waals surface area contributed by atoms with E-state index >= 15 is 0 Å². The fourth-order valence-electron chi connectivity index (χ4n) is 2.18. The lowest BCUT2D eigenvalue weighted by Gasteiger charge is -2.26. The second-order valence-corrected chi connectivity index (χ2v) is 6.13. The summed E-state index contributed by atoms with van der Waals surface area (Å²) in [6.45, 7) is 10.3. The summed E-state index contributed by atoms with van der Waals surface area (Å²) in [4.78, 5) is 13.7. The molecular formula is C12H21NO3. The smallest absolute Gasteiger partial charge is 0.410 e.